The lowest BCUT2D eigenvalue weighted by Gasteiger charge is -2.09. The van der Waals surface area contributed by atoms with E-state index in [1.54, 1.807) is 12.3 Å². The summed E-state index contributed by atoms with van der Waals surface area (Å²) in [7, 11) is 0. The van der Waals surface area contributed by atoms with Crippen LogP contribution < -0.4 is 11.3 Å². The number of rotatable bonds is 3. The highest BCUT2D eigenvalue weighted by Crippen LogP contribution is 2.36. The highest BCUT2D eigenvalue weighted by molar-refractivity contribution is 7.99. The van der Waals surface area contributed by atoms with E-state index >= 15 is 0 Å². The smallest absolute Gasteiger partial charge is 0.170 e. The summed E-state index contributed by atoms with van der Waals surface area (Å²) in [5, 5.41) is 1.50. The standard InChI is InChI=1S/C11H13ClN4S/c1-6-3-8(16-13)4-9(12)10(6)17-11-14-5-7(2)15-11/h3-5,16H,13H2,1-2H3,(H,14,15). The fraction of sp³-hybridized carbons (Fsp3) is 0.182. The predicted molar refractivity (Wildman–Crippen MR) is 71.4 cm³/mol. The average molecular weight is 269 g/mol. The topological polar surface area (TPSA) is 66.7 Å². The molecule has 4 N–H and O–H groups in total. The minimum absolute atomic E-state index is 0.664. The monoisotopic (exact) mass is 268 g/mol. The number of H-pyrrole nitrogens is 1. The van der Waals surface area contributed by atoms with E-state index in [4.69, 9.17) is 17.4 Å². The quantitative estimate of drug-likeness (QED) is 0.591. The number of benzene rings is 1. The molecule has 0 bridgehead atoms. The summed E-state index contributed by atoms with van der Waals surface area (Å²) in [6, 6.07) is 3.75. The molecule has 1 aromatic carbocycles. The van der Waals surface area contributed by atoms with Gasteiger partial charge in [0.2, 0.25) is 0 Å². The van der Waals surface area contributed by atoms with Crippen molar-refractivity contribution in [3.63, 3.8) is 0 Å². The van der Waals surface area contributed by atoms with Crippen molar-refractivity contribution >= 4 is 29.1 Å². The Morgan fingerprint density at radius 1 is 1.41 bits per heavy atom. The van der Waals surface area contributed by atoms with Crippen LogP contribution in [-0.4, -0.2) is 9.97 Å². The third-order valence-corrected chi connectivity index (χ3v) is 3.83. The van der Waals surface area contributed by atoms with Crippen molar-refractivity contribution < 1.29 is 0 Å². The molecule has 17 heavy (non-hydrogen) atoms. The zero-order valence-electron chi connectivity index (χ0n) is 9.54. The van der Waals surface area contributed by atoms with Crippen LogP contribution in [0.25, 0.3) is 0 Å². The van der Waals surface area contributed by atoms with E-state index in [0.717, 1.165) is 27.0 Å². The Kier molecular flexibility index (Phi) is 3.61. The number of nitrogens with two attached hydrogens (primary N) is 1. The van der Waals surface area contributed by atoms with Gasteiger partial charge in [-0.25, -0.2) is 4.98 Å². The summed E-state index contributed by atoms with van der Waals surface area (Å²) in [4.78, 5) is 8.39. The third-order valence-electron chi connectivity index (χ3n) is 2.27. The van der Waals surface area contributed by atoms with E-state index in [9.17, 15) is 0 Å². The highest BCUT2D eigenvalue weighted by Gasteiger charge is 2.10. The predicted octanol–water partition coefficient (Wildman–Crippen LogP) is 3.12. The van der Waals surface area contributed by atoms with Gasteiger partial charge in [0.05, 0.1) is 10.7 Å². The first-order valence-corrected chi connectivity index (χ1v) is 6.26. The van der Waals surface area contributed by atoms with Crippen LogP contribution in [0.5, 0.6) is 0 Å². The van der Waals surface area contributed by atoms with Crippen LogP contribution >= 0.6 is 23.4 Å². The maximum Gasteiger partial charge on any atom is 0.170 e. The fourth-order valence-corrected chi connectivity index (χ4v) is 2.75. The molecule has 4 nitrogen and oxygen atoms in total. The number of nitrogen functional groups attached to an aromatic ring is 1. The van der Waals surface area contributed by atoms with Gasteiger partial charge in [-0.2, -0.15) is 0 Å². The summed E-state index contributed by atoms with van der Waals surface area (Å²) in [6.45, 7) is 3.96. The van der Waals surface area contributed by atoms with Gasteiger partial charge in [-0.3, -0.25) is 5.84 Å². The van der Waals surface area contributed by atoms with Crippen LogP contribution in [0.4, 0.5) is 5.69 Å². The third kappa shape index (κ3) is 2.74. The number of halogens is 1. The first-order valence-electron chi connectivity index (χ1n) is 5.06. The van der Waals surface area contributed by atoms with Gasteiger partial charge in [0.15, 0.2) is 5.16 Å². The summed E-state index contributed by atoms with van der Waals surface area (Å²) < 4.78 is 0. The molecule has 6 heteroatoms. The molecule has 0 spiro atoms. The van der Waals surface area contributed by atoms with Crippen molar-refractivity contribution in [1.29, 1.82) is 0 Å². The zero-order valence-corrected chi connectivity index (χ0v) is 11.1. The lowest BCUT2D eigenvalue weighted by atomic mass is 10.2. The number of nitrogens with one attached hydrogen (secondary N) is 2. The summed E-state index contributed by atoms with van der Waals surface area (Å²) in [5.74, 6) is 5.36. The molecular formula is C11H13ClN4S. The maximum atomic E-state index is 6.21. The van der Waals surface area contributed by atoms with Crippen molar-refractivity contribution in [2.24, 2.45) is 5.84 Å². The number of hydrazine groups is 1. The van der Waals surface area contributed by atoms with Gasteiger partial charge in [-0.05, 0) is 31.5 Å². The van der Waals surface area contributed by atoms with E-state index in [0.29, 0.717) is 5.02 Å². The SMILES string of the molecule is Cc1cnc(Sc2c(C)cc(NN)cc2Cl)[nH]1. The summed E-state index contributed by atoms with van der Waals surface area (Å²) in [5.41, 5.74) is 5.47. The molecule has 0 aliphatic heterocycles. The second kappa shape index (κ2) is 5.00. The Morgan fingerprint density at radius 2 is 2.18 bits per heavy atom. The molecule has 0 aliphatic rings. The molecule has 1 aromatic heterocycles. The number of hydrogen-bond acceptors (Lipinski definition) is 4. The molecule has 0 fully saturated rings. The molecule has 1 heterocycles. The van der Waals surface area contributed by atoms with Gasteiger partial charge in [-0.1, -0.05) is 23.4 Å². The van der Waals surface area contributed by atoms with E-state index in [-0.39, 0.29) is 0 Å². The second-order valence-corrected chi connectivity index (χ2v) is 5.13. The van der Waals surface area contributed by atoms with Crippen molar-refractivity contribution in [3.05, 3.63) is 34.6 Å². The van der Waals surface area contributed by atoms with E-state index in [2.05, 4.69) is 15.4 Å². The maximum absolute atomic E-state index is 6.21. The van der Waals surface area contributed by atoms with Crippen LogP contribution in [0, 0.1) is 13.8 Å². The minimum Gasteiger partial charge on any atom is -0.337 e. The Morgan fingerprint density at radius 3 is 2.71 bits per heavy atom. The molecule has 2 rings (SSSR count). The first-order chi connectivity index (χ1) is 8.10. The molecule has 0 saturated heterocycles. The molecule has 2 aromatic rings. The molecule has 0 amide bonds. The lowest BCUT2D eigenvalue weighted by molar-refractivity contribution is 1.04. The number of imidazole rings is 1. The highest BCUT2D eigenvalue weighted by atomic mass is 35.5. The van der Waals surface area contributed by atoms with Crippen molar-refractivity contribution in [2.75, 3.05) is 5.43 Å². The van der Waals surface area contributed by atoms with Crippen LogP contribution in [0.2, 0.25) is 5.02 Å². The molecule has 0 radical (unpaired) electrons. The Balaban J connectivity index is 2.33. The molecule has 0 aliphatic carbocycles. The molecular weight excluding hydrogens is 256 g/mol. The molecule has 90 valence electrons. The minimum atomic E-state index is 0.664. The summed E-state index contributed by atoms with van der Waals surface area (Å²) >= 11 is 7.73. The van der Waals surface area contributed by atoms with Crippen LogP contribution in [0.1, 0.15) is 11.3 Å². The van der Waals surface area contributed by atoms with Crippen LogP contribution in [0.3, 0.4) is 0 Å². The zero-order chi connectivity index (χ0) is 12.4. The van der Waals surface area contributed by atoms with Gasteiger partial charge < -0.3 is 10.4 Å². The van der Waals surface area contributed by atoms with Crippen LogP contribution in [-0.2, 0) is 0 Å². The number of aryl methyl sites for hydroxylation is 2. The average Bonchev–Trinajstić information content (AvgIpc) is 2.69. The molecule has 0 saturated carbocycles. The first kappa shape index (κ1) is 12.3. The van der Waals surface area contributed by atoms with Gasteiger partial charge in [-0.15, -0.1) is 0 Å². The Bertz CT molecular complexity index is 515. The number of hydrogen-bond donors (Lipinski definition) is 3. The number of nitrogens with zero attached hydrogens (tertiary/aromatic N) is 1. The van der Waals surface area contributed by atoms with Gasteiger partial charge in [0, 0.05) is 16.8 Å². The lowest BCUT2D eigenvalue weighted by Crippen LogP contribution is -2.06. The van der Waals surface area contributed by atoms with E-state index in [1.807, 2.05) is 19.9 Å². The molecule has 0 unspecified atom stereocenters. The number of aromatic amines is 1. The van der Waals surface area contributed by atoms with Crippen molar-refractivity contribution in [3.8, 4) is 0 Å². The van der Waals surface area contributed by atoms with Crippen LogP contribution in [0.15, 0.2) is 28.4 Å². The number of aromatic nitrogens is 2. The number of anilines is 1. The van der Waals surface area contributed by atoms with Gasteiger partial charge >= 0.3 is 0 Å². The van der Waals surface area contributed by atoms with E-state index in [1.165, 1.54) is 11.8 Å². The Hall–Kier alpha value is -1.17. The fourth-order valence-electron chi connectivity index (χ4n) is 1.48. The molecule has 0 atom stereocenters. The summed E-state index contributed by atoms with van der Waals surface area (Å²) in [6.07, 6.45) is 1.79. The van der Waals surface area contributed by atoms with Gasteiger partial charge in [0.1, 0.15) is 0 Å². The Labute approximate surface area is 109 Å². The second-order valence-electron chi connectivity index (χ2n) is 3.72. The largest absolute Gasteiger partial charge is 0.337 e. The normalized spacial score (nSPS) is 10.6. The van der Waals surface area contributed by atoms with Crippen molar-refractivity contribution in [1.82, 2.24) is 9.97 Å². The van der Waals surface area contributed by atoms with E-state index < -0.39 is 0 Å². The van der Waals surface area contributed by atoms with Crippen molar-refractivity contribution in [2.45, 2.75) is 23.9 Å². The van der Waals surface area contributed by atoms with Gasteiger partial charge in [0.25, 0.3) is 0 Å².